The molecule has 0 bridgehead atoms. The van der Waals surface area contributed by atoms with Crippen LogP contribution in [0.2, 0.25) is 0 Å². The van der Waals surface area contributed by atoms with Crippen molar-refractivity contribution in [2.45, 2.75) is 32.0 Å². The van der Waals surface area contributed by atoms with Crippen LogP contribution in [0.25, 0.3) is 0 Å². The number of aromatic nitrogens is 2. The Morgan fingerprint density at radius 2 is 2.17 bits per heavy atom. The van der Waals surface area contributed by atoms with Crippen molar-refractivity contribution in [2.75, 3.05) is 0 Å². The van der Waals surface area contributed by atoms with Crippen LogP contribution < -0.4 is 10.5 Å². The van der Waals surface area contributed by atoms with Gasteiger partial charge in [0.05, 0.1) is 5.69 Å². The highest BCUT2D eigenvalue weighted by Gasteiger charge is 2.19. The molecule has 0 radical (unpaired) electrons. The molecule has 0 amide bonds. The summed E-state index contributed by atoms with van der Waals surface area (Å²) < 4.78 is 7.70. The molecule has 0 saturated heterocycles. The van der Waals surface area contributed by atoms with Gasteiger partial charge in [-0.1, -0.05) is 18.2 Å². The Morgan fingerprint density at radius 1 is 1.33 bits per heavy atom. The molecule has 0 aliphatic carbocycles. The number of hydrogen-bond donors (Lipinski definition) is 1. The Kier molecular flexibility index (Phi) is 3.02. The van der Waals surface area contributed by atoms with E-state index in [1.807, 2.05) is 35.0 Å². The maximum Gasteiger partial charge on any atom is 0.132 e. The SMILES string of the molecule is NC1CCCn2nc(COc3ccccc3)cc21. The maximum absolute atomic E-state index is 6.07. The number of fused-ring (bicyclic) bond motifs is 1. The van der Waals surface area contributed by atoms with Gasteiger partial charge < -0.3 is 10.5 Å². The Morgan fingerprint density at radius 3 is 2.94 bits per heavy atom. The van der Waals surface area contributed by atoms with E-state index in [0.717, 1.165) is 36.5 Å². The number of nitrogens with zero attached hydrogens (tertiary/aromatic N) is 2. The molecule has 1 atom stereocenters. The van der Waals surface area contributed by atoms with Crippen LogP contribution in [0.4, 0.5) is 0 Å². The van der Waals surface area contributed by atoms with Crippen LogP contribution in [0.5, 0.6) is 5.75 Å². The summed E-state index contributed by atoms with van der Waals surface area (Å²) in [5.74, 6) is 0.868. The third kappa shape index (κ3) is 2.24. The largest absolute Gasteiger partial charge is 0.487 e. The summed E-state index contributed by atoms with van der Waals surface area (Å²) in [5.41, 5.74) is 8.15. The predicted molar refractivity (Wildman–Crippen MR) is 69.2 cm³/mol. The van der Waals surface area contributed by atoms with Crippen molar-refractivity contribution in [1.29, 1.82) is 0 Å². The van der Waals surface area contributed by atoms with Crippen molar-refractivity contribution in [2.24, 2.45) is 5.73 Å². The second kappa shape index (κ2) is 4.82. The van der Waals surface area contributed by atoms with Crippen molar-refractivity contribution in [3.8, 4) is 5.75 Å². The van der Waals surface area contributed by atoms with E-state index >= 15 is 0 Å². The molecule has 94 valence electrons. The Bertz CT molecular complexity index is 521. The number of benzene rings is 1. The van der Waals surface area contributed by atoms with Crippen LogP contribution in [0.15, 0.2) is 36.4 Å². The van der Waals surface area contributed by atoms with Gasteiger partial charge in [-0.05, 0) is 31.0 Å². The van der Waals surface area contributed by atoms with E-state index in [0.29, 0.717) is 6.61 Å². The highest BCUT2D eigenvalue weighted by atomic mass is 16.5. The van der Waals surface area contributed by atoms with Crippen LogP contribution in [-0.4, -0.2) is 9.78 Å². The first-order chi connectivity index (χ1) is 8.83. The molecular weight excluding hydrogens is 226 g/mol. The Balaban J connectivity index is 1.70. The molecule has 1 unspecified atom stereocenters. The van der Waals surface area contributed by atoms with Crippen LogP contribution in [-0.2, 0) is 13.2 Å². The van der Waals surface area contributed by atoms with Gasteiger partial charge in [0, 0.05) is 12.6 Å². The summed E-state index contributed by atoms with van der Waals surface area (Å²) in [7, 11) is 0. The Hall–Kier alpha value is -1.81. The van der Waals surface area contributed by atoms with Gasteiger partial charge in [-0.25, -0.2) is 0 Å². The van der Waals surface area contributed by atoms with Gasteiger partial charge in [0.2, 0.25) is 0 Å². The third-order valence-corrected chi connectivity index (χ3v) is 3.26. The van der Waals surface area contributed by atoms with E-state index in [-0.39, 0.29) is 6.04 Å². The first kappa shape index (κ1) is 11.3. The minimum atomic E-state index is 0.122. The van der Waals surface area contributed by atoms with Gasteiger partial charge >= 0.3 is 0 Å². The highest BCUT2D eigenvalue weighted by molar-refractivity contribution is 5.22. The fraction of sp³-hybridized carbons (Fsp3) is 0.357. The van der Waals surface area contributed by atoms with Crippen molar-refractivity contribution in [3.63, 3.8) is 0 Å². The first-order valence-corrected chi connectivity index (χ1v) is 6.33. The molecule has 3 rings (SSSR count). The lowest BCUT2D eigenvalue weighted by Gasteiger charge is -2.19. The minimum Gasteiger partial charge on any atom is -0.487 e. The van der Waals surface area contributed by atoms with Crippen molar-refractivity contribution in [3.05, 3.63) is 47.8 Å². The molecule has 0 fully saturated rings. The maximum atomic E-state index is 6.07. The lowest BCUT2D eigenvalue weighted by molar-refractivity contribution is 0.299. The molecule has 2 aromatic rings. The molecule has 2 N–H and O–H groups in total. The molecule has 1 aliphatic heterocycles. The average Bonchev–Trinajstić information content (AvgIpc) is 2.82. The van der Waals surface area contributed by atoms with Gasteiger partial charge in [-0.2, -0.15) is 5.10 Å². The standard InChI is InChI=1S/C14H17N3O/c15-13-7-4-8-17-14(13)9-11(16-17)10-18-12-5-2-1-3-6-12/h1-3,5-6,9,13H,4,7-8,10,15H2. The lowest BCUT2D eigenvalue weighted by Crippen LogP contribution is -2.21. The predicted octanol–water partition coefficient (Wildman–Crippen LogP) is 2.26. The first-order valence-electron chi connectivity index (χ1n) is 6.33. The summed E-state index contributed by atoms with van der Waals surface area (Å²) in [6, 6.07) is 12.0. The molecule has 0 saturated carbocycles. The van der Waals surface area contributed by atoms with Crippen LogP contribution >= 0.6 is 0 Å². The monoisotopic (exact) mass is 243 g/mol. The zero-order chi connectivity index (χ0) is 12.4. The summed E-state index contributed by atoms with van der Waals surface area (Å²) in [5, 5.41) is 4.53. The molecule has 4 heteroatoms. The van der Waals surface area contributed by atoms with E-state index in [2.05, 4.69) is 11.2 Å². The topological polar surface area (TPSA) is 53.1 Å². The van der Waals surface area contributed by atoms with E-state index in [4.69, 9.17) is 10.5 Å². The van der Waals surface area contributed by atoms with Crippen LogP contribution in [0.1, 0.15) is 30.3 Å². The number of nitrogens with two attached hydrogens (primary N) is 1. The van der Waals surface area contributed by atoms with Gasteiger partial charge in [-0.3, -0.25) is 4.68 Å². The molecule has 1 aromatic carbocycles. The van der Waals surface area contributed by atoms with Crippen molar-refractivity contribution in [1.82, 2.24) is 9.78 Å². The summed E-state index contributed by atoms with van der Waals surface area (Å²) >= 11 is 0. The number of rotatable bonds is 3. The molecule has 1 aliphatic rings. The van der Waals surface area contributed by atoms with E-state index < -0.39 is 0 Å². The molecule has 1 aromatic heterocycles. The summed E-state index contributed by atoms with van der Waals surface area (Å²) in [6.45, 7) is 1.46. The summed E-state index contributed by atoms with van der Waals surface area (Å²) in [4.78, 5) is 0. The molecule has 2 heterocycles. The van der Waals surface area contributed by atoms with E-state index in [9.17, 15) is 0 Å². The lowest BCUT2D eigenvalue weighted by atomic mass is 10.1. The normalized spacial score (nSPS) is 18.4. The van der Waals surface area contributed by atoms with Crippen molar-refractivity contribution >= 4 is 0 Å². The fourth-order valence-electron chi connectivity index (χ4n) is 2.32. The van der Waals surface area contributed by atoms with E-state index in [1.54, 1.807) is 0 Å². The molecular formula is C14H17N3O. The average molecular weight is 243 g/mol. The summed E-state index contributed by atoms with van der Waals surface area (Å²) in [6.07, 6.45) is 2.15. The number of para-hydroxylation sites is 1. The molecule has 18 heavy (non-hydrogen) atoms. The molecule has 4 nitrogen and oxygen atoms in total. The smallest absolute Gasteiger partial charge is 0.132 e. The second-order valence-electron chi connectivity index (χ2n) is 4.63. The fourth-order valence-corrected chi connectivity index (χ4v) is 2.32. The van der Waals surface area contributed by atoms with Gasteiger partial charge in [0.15, 0.2) is 0 Å². The van der Waals surface area contributed by atoms with Crippen LogP contribution in [0, 0.1) is 0 Å². The minimum absolute atomic E-state index is 0.122. The highest BCUT2D eigenvalue weighted by Crippen LogP contribution is 2.23. The number of aryl methyl sites for hydroxylation is 1. The number of hydrogen-bond acceptors (Lipinski definition) is 3. The van der Waals surface area contributed by atoms with Gasteiger partial charge in [-0.15, -0.1) is 0 Å². The van der Waals surface area contributed by atoms with Gasteiger partial charge in [0.25, 0.3) is 0 Å². The van der Waals surface area contributed by atoms with Gasteiger partial charge in [0.1, 0.15) is 18.1 Å². The van der Waals surface area contributed by atoms with E-state index in [1.165, 1.54) is 0 Å². The van der Waals surface area contributed by atoms with Crippen molar-refractivity contribution < 1.29 is 4.74 Å². The Labute approximate surface area is 106 Å². The zero-order valence-electron chi connectivity index (χ0n) is 10.2. The second-order valence-corrected chi connectivity index (χ2v) is 4.63. The number of ether oxygens (including phenoxy) is 1. The zero-order valence-corrected chi connectivity index (χ0v) is 10.2. The quantitative estimate of drug-likeness (QED) is 0.899. The third-order valence-electron chi connectivity index (χ3n) is 3.26. The molecule has 0 spiro atoms. The van der Waals surface area contributed by atoms with Crippen LogP contribution in [0.3, 0.4) is 0 Å².